The van der Waals surface area contributed by atoms with Gasteiger partial charge in [-0.2, -0.15) is 0 Å². The normalized spacial score (nSPS) is 11.9. The Bertz CT molecular complexity index is 1140. The molecule has 2 amide bonds. The molecule has 0 saturated carbocycles. The number of aryl methyl sites for hydroxylation is 1. The number of aromatic nitrogens is 1. The number of carbonyl (C=O) groups excluding carboxylic acids is 2. The lowest BCUT2D eigenvalue weighted by Gasteiger charge is -2.18. The number of benzene rings is 2. The molecule has 4 rings (SSSR count). The van der Waals surface area contributed by atoms with Crippen LogP contribution in [0.1, 0.15) is 20.2 Å². The number of thiophene rings is 1. The topological polar surface area (TPSA) is 71.1 Å². The maximum atomic E-state index is 13.0. The van der Waals surface area contributed by atoms with Gasteiger partial charge in [-0.05, 0) is 42.1 Å². The molecule has 0 aliphatic heterocycles. The molecule has 0 aliphatic carbocycles. The molecule has 0 unspecified atom stereocenters. The van der Waals surface area contributed by atoms with Crippen LogP contribution in [0, 0.1) is 6.92 Å². The molecule has 0 aliphatic rings. The smallest absolute Gasteiger partial charge is 0.262 e. The Hall–Kier alpha value is -3.03. The molecule has 2 N–H and O–H groups in total. The first-order valence-corrected chi connectivity index (χ1v) is 10.8. The number of hydrogen-bond donors (Lipinski definition) is 2. The number of anilines is 1. The van der Waals surface area contributed by atoms with Gasteiger partial charge in [0.2, 0.25) is 5.91 Å². The van der Waals surface area contributed by atoms with Crippen LogP contribution < -0.4 is 10.6 Å². The average Bonchev–Trinajstić information content (AvgIpc) is 3.37. The number of rotatable bonds is 6. The van der Waals surface area contributed by atoms with E-state index in [0.717, 1.165) is 20.8 Å². The second-order valence-corrected chi connectivity index (χ2v) is 8.78. The van der Waals surface area contributed by atoms with Gasteiger partial charge in [-0.25, -0.2) is 4.98 Å². The fraction of sp³-hybridized carbons (Fsp3) is 0.136. The second kappa shape index (κ2) is 8.55. The van der Waals surface area contributed by atoms with Crippen LogP contribution >= 0.6 is 22.7 Å². The highest BCUT2D eigenvalue weighted by atomic mass is 32.1. The van der Waals surface area contributed by atoms with Crippen LogP contribution in [0.4, 0.5) is 5.69 Å². The van der Waals surface area contributed by atoms with E-state index >= 15 is 0 Å². The van der Waals surface area contributed by atoms with E-state index in [1.54, 1.807) is 17.4 Å². The minimum atomic E-state index is -0.689. The number of fused-ring (bicyclic) bond motifs is 1. The molecule has 0 bridgehead atoms. The van der Waals surface area contributed by atoms with Crippen molar-refractivity contribution in [1.82, 2.24) is 10.3 Å². The minimum Gasteiger partial charge on any atom is -0.339 e. The zero-order valence-electron chi connectivity index (χ0n) is 15.7. The van der Waals surface area contributed by atoms with E-state index in [9.17, 15) is 9.59 Å². The number of nitrogens with one attached hydrogen (secondary N) is 2. The summed E-state index contributed by atoms with van der Waals surface area (Å²) in [7, 11) is 0. The van der Waals surface area contributed by atoms with Crippen LogP contribution in [0.15, 0.2) is 66.0 Å². The van der Waals surface area contributed by atoms with Gasteiger partial charge in [0.25, 0.3) is 5.91 Å². The van der Waals surface area contributed by atoms with Gasteiger partial charge < -0.3 is 10.6 Å². The quantitative estimate of drug-likeness (QED) is 0.476. The lowest BCUT2D eigenvalue weighted by molar-refractivity contribution is -0.118. The summed E-state index contributed by atoms with van der Waals surface area (Å²) in [4.78, 5) is 30.6. The van der Waals surface area contributed by atoms with E-state index < -0.39 is 6.04 Å². The van der Waals surface area contributed by atoms with Crippen molar-refractivity contribution < 1.29 is 9.59 Å². The number of carbonyl (C=O) groups is 2. The molecule has 0 fully saturated rings. The first-order chi connectivity index (χ1) is 14.1. The summed E-state index contributed by atoms with van der Waals surface area (Å²) in [5.41, 5.74) is 2.58. The second-order valence-electron chi connectivity index (χ2n) is 6.60. The summed E-state index contributed by atoms with van der Waals surface area (Å²) in [5.74, 6) is -0.496. The molecule has 4 aromatic rings. The molecule has 0 radical (unpaired) electrons. The third-order valence-electron chi connectivity index (χ3n) is 4.41. The molecule has 2 aromatic heterocycles. The van der Waals surface area contributed by atoms with Crippen molar-refractivity contribution in [2.45, 2.75) is 19.4 Å². The SMILES string of the molecule is Cc1nc2ccc(NC(=O)[C@@H](Cc3ccccc3)NC(=O)c3cccs3)cc2s1. The predicted octanol–water partition coefficient (Wildman–Crippen LogP) is 4.65. The molecule has 2 heterocycles. The molecule has 29 heavy (non-hydrogen) atoms. The molecule has 5 nitrogen and oxygen atoms in total. The van der Waals surface area contributed by atoms with Crippen LogP contribution in [-0.2, 0) is 11.2 Å². The standard InChI is InChI=1S/C22H19N3O2S2/c1-14-23-17-10-9-16(13-20(17)29-14)24-21(26)18(12-15-6-3-2-4-7-15)25-22(27)19-8-5-11-28-19/h2-11,13,18H,12H2,1H3,(H,24,26)(H,25,27)/t18-/m1/s1. The zero-order chi connectivity index (χ0) is 20.2. The third kappa shape index (κ3) is 4.70. The molecule has 146 valence electrons. The van der Waals surface area contributed by atoms with Gasteiger partial charge in [0.1, 0.15) is 6.04 Å². The number of nitrogens with zero attached hydrogens (tertiary/aromatic N) is 1. The lowest BCUT2D eigenvalue weighted by atomic mass is 10.0. The summed E-state index contributed by atoms with van der Waals surface area (Å²) >= 11 is 2.93. The maximum Gasteiger partial charge on any atom is 0.262 e. The summed E-state index contributed by atoms with van der Waals surface area (Å²) in [5, 5.41) is 8.64. The third-order valence-corrected chi connectivity index (χ3v) is 6.21. The Kier molecular flexibility index (Phi) is 5.69. The van der Waals surface area contributed by atoms with Crippen LogP contribution in [0.25, 0.3) is 10.2 Å². The molecule has 0 saturated heterocycles. The van der Waals surface area contributed by atoms with Crippen molar-refractivity contribution in [3.8, 4) is 0 Å². The molecule has 2 aromatic carbocycles. The highest BCUT2D eigenvalue weighted by Gasteiger charge is 2.22. The highest BCUT2D eigenvalue weighted by molar-refractivity contribution is 7.18. The molecule has 1 atom stereocenters. The summed E-state index contributed by atoms with van der Waals surface area (Å²) in [6.07, 6.45) is 0.408. The number of thiazole rings is 1. The highest BCUT2D eigenvalue weighted by Crippen LogP contribution is 2.25. The van der Waals surface area contributed by atoms with Crippen molar-refractivity contribution >= 4 is 50.4 Å². The van der Waals surface area contributed by atoms with Crippen LogP contribution in [0.5, 0.6) is 0 Å². The van der Waals surface area contributed by atoms with E-state index in [-0.39, 0.29) is 11.8 Å². The Balaban J connectivity index is 1.54. The number of amides is 2. The van der Waals surface area contributed by atoms with Gasteiger partial charge in [0.15, 0.2) is 0 Å². The van der Waals surface area contributed by atoms with E-state index in [1.165, 1.54) is 11.3 Å². The van der Waals surface area contributed by atoms with Crippen molar-refractivity contribution in [2.24, 2.45) is 0 Å². The van der Waals surface area contributed by atoms with Crippen LogP contribution in [0.3, 0.4) is 0 Å². The fourth-order valence-electron chi connectivity index (χ4n) is 3.04. The van der Waals surface area contributed by atoms with Crippen molar-refractivity contribution in [2.75, 3.05) is 5.32 Å². The molecular weight excluding hydrogens is 402 g/mol. The van der Waals surface area contributed by atoms with E-state index in [4.69, 9.17) is 0 Å². The van der Waals surface area contributed by atoms with Gasteiger partial charge in [-0.3, -0.25) is 9.59 Å². The lowest BCUT2D eigenvalue weighted by Crippen LogP contribution is -2.45. The summed E-state index contributed by atoms with van der Waals surface area (Å²) < 4.78 is 1.02. The Morgan fingerprint density at radius 3 is 2.66 bits per heavy atom. The fourth-order valence-corrected chi connectivity index (χ4v) is 4.54. The minimum absolute atomic E-state index is 0.246. The van der Waals surface area contributed by atoms with Crippen LogP contribution in [0.2, 0.25) is 0 Å². The number of hydrogen-bond acceptors (Lipinski definition) is 5. The van der Waals surface area contributed by atoms with Crippen LogP contribution in [-0.4, -0.2) is 22.8 Å². The largest absolute Gasteiger partial charge is 0.339 e. The molecule has 7 heteroatoms. The van der Waals surface area contributed by atoms with E-state index in [1.807, 2.05) is 66.9 Å². The first-order valence-electron chi connectivity index (χ1n) is 9.15. The average molecular weight is 422 g/mol. The predicted molar refractivity (Wildman–Crippen MR) is 119 cm³/mol. The molecule has 0 spiro atoms. The van der Waals surface area contributed by atoms with Gasteiger partial charge in [-0.15, -0.1) is 22.7 Å². The Morgan fingerprint density at radius 1 is 1.07 bits per heavy atom. The van der Waals surface area contributed by atoms with Gasteiger partial charge in [0.05, 0.1) is 20.1 Å². The van der Waals surface area contributed by atoms with Crippen molar-refractivity contribution in [1.29, 1.82) is 0 Å². The van der Waals surface area contributed by atoms with Gasteiger partial charge >= 0.3 is 0 Å². The van der Waals surface area contributed by atoms with Gasteiger partial charge in [0, 0.05) is 12.1 Å². The van der Waals surface area contributed by atoms with E-state index in [2.05, 4.69) is 15.6 Å². The summed E-state index contributed by atoms with van der Waals surface area (Å²) in [6.45, 7) is 1.96. The van der Waals surface area contributed by atoms with E-state index in [0.29, 0.717) is 17.0 Å². The summed E-state index contributed by atoms with van der Waals surface area (Å²) in [6, 6.07) is 18.2. The first kappa shape index (κ1) is 19.3. The Labute approximate surface area is 176 Å². The Morgan fingerprint density at radius 2 is 1.90 bits per heavy atom. The zero-order valence-corrected chi connectivity index (χ0v) is 17.3. The van der Waals surface area contributed by atoms with Crippen molar-refractivity contribution in [3.05, 3.63) is 81.5 Å². The van der Waals surface area contributed by atoms with Crippen molar-refractivity contribution in [3.63, 3.8) is 0 Å². The molecular formula is C22H19N3O2S2. The maximum absolute atomic E-state index is 13.0. The van der Waals surface area contributed by atoms with Gasteiger partial charge in [-0.1, -0.05) is 36.4 Å². The monoisotopic (exact) mass is 421 g/mol.